The van der Waals surface area contributed by atoms with Crippen LogP contribution in [0.15, 0.2) is 22.8 Å². The molecule has 0 aliphatic rings. The van der Waals surface area contributed by atoms with Gasteiger partial charge in [0, 0.05) is 0 Å². The topological polar surface area (TPSA) is 45.4 Å². The van der Waals surface area contributed by atoms with Crippen molar-refractivity contribution < 1.29 is 9.52 Å². The van der Waals surface area contributed by atoms with Crippen LogP contribution in [-0.2, 0) is 0 Å². The van der Waals surface area contributed by atoms with Gasteiger partial charge >= 0.3 is 0 Å². The van der Waals surface area contributed by atoms with Crippen molar-refractivity contribution in [2.24, 2.45) is 0 Å². The Morgan fingerprint density at radius 3 is 2.79 bits per heavy atom. The van der Waals surface area contributed by atoms with Crippen molar-refractivity contribution in [3.8, 4) is 0 Å². The minimum Gasteiger partial charge on any atom is -0.468 e. The van der Waals surface area contributed by atoms with Gasteiger partial charge in [-0.25, -0.2) is 0 Å². The van der Waals surface area contributed by atoms with Crippen LogP contribution in [0.3, 0.4) is 0 Å². The molecule has 80 valence electrons. The molecule has 14 heavy (non-hydrogen) atoms. The predicted octanol–water partition coefficient (Wildman–Crippen LogP) is 2.09. The van der Waals surface area contributed by atoms with E-state index in [1.54, 1.807) is 6.26 Å². The van der Waals surface area contributed by atoms with Crippen LogP contribution >= 0.6 is 0 Å². The Morgan fingerprint density at radius 2 is 2.29 bits per heavy atom. The van der Waals surface area contributed by atoms with E-state index in [9.17, 15) is 5.11 Å². The standard InChI is InChI=1S/C11H19NO2/c1-9(10-5-4-8-14-10)12-7-6-11(2,3)13/h4-5,8-9,12-13H,6-7H2,1-3H3/t9-/m1/s1. The molecule has 2 N–H and O–H groups in total. The van der Waals surface area contributed by atoms with Gasteiger partial charge in [-0.3, -0.25) is 0 Å². The van der Waals surface area contributed by atoms with E-state index >= 15 is 0 Å². The highest BCUT2D eigenvalue weighted by Gasteiger charge is 2.13. The first-order valence-corrected chi connectivity index (χ1v) is 4.98. The first-order valence-electron chi connectivity index (χ1n) is 4.98. The van der Waals surface area contributed by atoms with Crippen LogP contribution in [0.25, 0.3) is 0 Å². The van der Waals surface area contributed by atoms with Gasteiger partial charge in [-0.1, -0.05) is 0 Å². The van der Waals surface area contributed by atoms with Crippen molar-refractivity contribution in [1.29, 1.82) is 0 Å². The SMILES string of the molecule is C[C@@H](NCCC(C)(C)O)c1ccco1. The minimum atomic E-state index is -0.601. The molecule has 0 bridgehead atoms. The fourth-order valence-electron chi connectivity index (χ4n) is 1.23. The van der Waals surface area contributed by atoms with Crippen LogP contribution in [0.4, 0.5) is 0 Å². The van der Waals surface area contributed by atoms with Crippen molar-refractivity contribution in [1.82, 2.24) is 5.32 Å². The molecule has 0 unspecified atom stereocenters. The van der Waals surface area contributed by atoms with Crippen molar-refractivity contribution in [2.75, 3.05) is 6.54 Å². The molecule has 0 fully saturated rings. The van der Waals surface area contributed by atoms with Gasteiger partial charge in [-0.2, -0.15) is 0 Å². The Balaban J connectivity index is 2.26. The number of rotatable bonds is 5. The Hall–Kier alpha value is -0.800. The monoisotopic (exact) mass is 197 g/mol. The van der Waals surface area contributed by atoms with E-state index in [-0.39, 0.29) is 6.04 Å². The second-order valence-corrected chi connectivity index (χ2v) is 4.25. The lowest BCUT2D eigenvalue weighted by Crippen LogP contribution is -2.28. The van der Waals surface area contributed by atoms with Gasteiger partial charge in [-0.05, 0) is 45.9 Å². The van der Waals surface area contributed by atoms with E-state index in [4.69, 9.17) is 4.42 Å². The Morgan fingerprint density at radius 1 is 1.57 bits per heavy atom. The van der Waals surface area contributed by atoms with E-state index < -0.39 is 5.60 Å². The highest BCUT2D eigenvalue weighted by atomic mass is 16.3. The molecule has 1 atom stereocenters. The molecule has 1 aromatic rings. The predicted molar refractivity (Wildman–Crippen MR) is 56.0 cm³/mol. The van der Waals surface area contributed by atoms with Gasteiger partial charge in [0.05, 0.1) is 17.9 Å². The van der Waals surface area contributed by atoms with Gasteiger partial charge in [0.25, 0.3) is 0 Å². The maximum atomic E-state index is 9.50. The van der Waals surface area contributed by atoms with Crippen molar-refractivity contribution in [2.45, 2.75) is 38.8 Å². The van der Waals surface area contributed by atoms with Gasteiger partial charge in [-0.15, -0.1) is 0 Å². The summed E-state index contributed by atoms with van der Waals surface area (Å²) in [6, 6.07) is 4.03. The third-order valence-corrected chi connectivity index (χ3v) is 2.16. The number of aliphatic hydroxyl groups is 1. The molecule has 0 amide bonds. The normalized spacial score (nSPS) is 14.3. The van der Waals surface area contributed by atoms with Crippen molar-refractivity contribution in [3.05, 3.63) is 24.2 Å². The van der Waals surface area contributed by atoms with E-state index in [1.165, 1.54) is 0 Å². The van der Waals surface area contributed by atoms with E-state index in [0.29, 0.717) is 0 Å². The van der Waals surface area contributed by atoms with E-state index in [2.05, 4.69) is 5.32 Å². The molecule has 0 radical (unpaired) electrons. The molecule has 0 aromatic carbocycles. The van der Waals surface area contributed by atoms with Gasteiger partial charge in [0.1, 0.15) is 5.76 Å². The Labute approximate surface area is 85.1 Å². The lowest BCUT2D eigenvalue weighted by atomic mass is 10.1. The van der Waals surface area contributed by atoms with Gasteiger partial charge < -0.3 is 14.8 Å². The lowest BCUT2D eigenvalue weighted by Gasteiger charge is -2.18. The average molecular weight is 197 g/mol. The molecule has 0 saturated carbocycles. The zero-order valence-corrected chi connectivity index (χ0v) is 9.08. The first kappa shape index (κ1) is 11.3. The zero-order chi connectivity index (χ0) is 10.6. The molecule has 0 aliphatic heterocycles. The highest BCUT2D eigenvalue weighted by molar-refractivity contribution is 5.02. The minimum absolute atomic E-state index is 0.201. The van der Waals surface area contributed by atoms with Crippen molar-refractivity contribution >= 4 is 0 Å². The molecule has 0 spiro atoms. The van der Waals surface area contributed by atoms with Gasteiger partial charge in [0.15, 0.2) is 0 Å². The molecule has 0 aliphatic carbocycles. The third kappa shape index (κ3) is 3.94. The summed E-state index contributed by atoms with van der Waals surface area (Å²) in [5.41, 5.74) is -0.601. The lowest BCUT2D eigenvalue weighted by molar-refractivity contribution is 0.0703. The molecule has 3 nitrogen and oxygen atoms in total. The largest absolute Gasteiger partial charge is 0.468 e. The molecule has 1 rings (SSSR count). The third-order valence-electron chi connectivity index (χ3n) is 2.16. The maximum Gasteiger partial charge on any atom is 0.120 e. The zero-order valence-electron chi connectivity index (χ0n) is 9.08. The number of hydrogen-bond acceptors (Lipinski definition) is 3. The maximum absolute atomic E-state index is 9.50. The summed E-state index contributed by atoms with van der Waals surface area (Å²) in [7, 11) is 0. The second kappa shape index (κ2) is 4.62. The van der Waals surface area contributed by atoms with Crippen LogP contribution in [0.5, 0.6) is 0 Å². The molecular weight excluding hydrogens is 178 g/mol. The van der Waals surface area contributed by atoms with Crippen LogP contribution in [-0.4, -0.2) is 17.3 Å². The molecular formula is C11H19NO2. The van der Waals surface area contributed by atoms with E-state index in [0.717, 1.165) is 18.7 Å². The van der Waals surface area contributed by atoms with Crippen LogP contribution in [0.2, 0.25) is 0 Å². The molecule has 1 heterocycles. The summed E-state index contributed by atoms with van der Waals surface area (Å²) >= 11 is 0. The number of nitrogens with one attached hydrogen (secondary N) is 1. The van der Waals surface area contributed by atoms with E-state index in [1.807, 2.05) is 32.9 Å². The molecule has 0 saturated heterocycles. The smallest absolute Gasteiger partial charge is 0.120 e. The number of furan rings is 1. The molecule has 1 aromatic heterocycles. The van der Waals surface area contributed by atoms with Crippen LogP contribution in [0, 0.1) is 0 Å². The van der Waals surface area contributed by atoms with Gasteiger partial charge in [0.2, 0.25) is 0 Å². The number of hydrogen-bond donors (Lipinski definition) is 2. The average Bonchev–Trinajstić information content (AvgIpc) is 2.53. The Bertz CT molecular complexity index is 249. The summed E-state index contributed by atoms with van der Waals surface area (Å²) in [6.45, 7) is 6.45. The summed E-state index contributed by atoms with van der Waals surface area (Å²) in [4.78, 5) is 0. The van der Waals surface area contributed by atoms with Crippen LogP contribution in [0.1, 0.15) is 39.0 Å². The fourth-order valence-corrected chi connectivity index (χ4v) is 1.23. The Kier molecular flexibility index (Phi) is 3.72. The molecule has 3 heteroatoms. The summed E-state index contributed by atoms with van der Waals surface area (Å²) < 4.78 is 5.25. The highest BCUT2D eigenvalue weighted by Crippen LogP contribution is 2.13. The summed E-state index contributed by atoms with van der Waals surface area (Å²) in [5.74, 6) is 0.931. The van der Waals surface area contributed by atoms with Crippen LogP contribution < -0.4 is 5.32 Å². The fraction of sp³-hybridized carbons (Fsp3) is 0.636. The quantitative estimate of drug-likeness (QED) is 0.759. The summed E-state index contributed by atoms with van der Waals surface area (Å²) in [6.07, 6.45) is 2.40. The first-order chi connectivity index (χ1) is 6.49. The second-order valence-electron chi connectivity index (χ2n) is 4.25. The van der Waals surface area contributed by atoms with Crippen molar-refractivity contribution in [3.63, 3.8) is 0 Å². The summed E-state index contributed by atoms with van der Waals surface area (Å²) in [5, 5.41) is 12.8.